The monoisotopic (exact) mass is 569 g/mol. The number of rotatable bonds is 14. The molecule has 1 unspecified atom stereocenters. The predicted octanol–water partition coefficient (Wildman–Crippen LogP) is 3.74. The van der Waals surface area contributed by atoms with Crippen molar-refractivity contribution >= 4 is 50.9 Å². The van der Waals surface area contributed by atoms with E-state index >= 15 is 0 Å². The van der Waals surface area contributed by atoms with Gasteiger partial charge in [0.2, 0.25) is 17.7 Å². The zero-order valence-corrected chi connectivity index (χ0v) is 24.2. The van der Waals surface area contributed by atoms with E-state index in [-0.39, 0.29) is 30.7 Å². The highest BCUT2D eigenvalue weighted by Gasteiger charge is 2.25. The SMILES string of the molecule is C=C(CN(CC)CC)C(=O)NCC(Cc1ccccc1)NC(=O)[C@H](Cc1nc2ccc(Cl)cc2s1)NC(C)=O. The molecule has 3 rings (SSSR count). The summed E-state index contributed by atoms with van der Waals surface area (Å²) in [5.41, 5.74) is 2.27. The standard InChI is InChI=1S/C29H36ClN5O3S/c1-5-35(6-2)18-19(3)28(37)31-17-23(14-21-10-8-7-9-11-21)33-29(38)25(32-20(4)36)16-27-34-24-13-12-22(30)15-26(24)39-27/h7-13,15,23,25H,3,5-6,14,16-18H2,1-2,4H3,(H,31,37)(H,32,36)(H,33,38)/t23?,25-/m0/s1. The van der Waals surface area contributed by atoms with E-state index in [9.17, 15) is 14.4 Å². The number of benzene rings is 2. The first kappa shape index (κ1) is 30.3. The van der Waals surface area contributed by atoms with Crippen LogP contribution < -0.4 is 16.0 Å². The largest absolute Gasteiger partial charge is 0.350 e. The summed E-state index contributed by atoms with van der Waals surface area (Å²) in [6.45, 7) is 11.7. The summed E-state index contributed by atoms with van der Waals surface area (Å²) >= 11 is 7.54. The number of hydrogen-bond donors (Lipinski definition) is 3. The lowest BCUT2D eigenvalue weighted by Crippen LogP contribution is -2.53. The van der Waals surface area contributed by atoms with E-state index in [1.165, 1.54) is 18.3 Å². The molecular weight excluding hydrogens is 534 g/mol. The molecule has 0 aliphatic carbocycles. The van der Waals surface area contributed by atoms with Crippen LogP contribution in [0.5, 0.6) is 0 Å². The third-order valence-electron chi connectivity index (χ3n) is 6.28. The van der Waals surface area contributed by atoms with Crippen molar-refractivity contribution in [1.82, 2.24) is 25.8 Å². The molecule has 0 aliphatic rings. The first-order valence-electron chi connectivity index (χ1n) is 13.0. The Labute approximate surface area is 238 Å². The van der Waals surface area contributed by atoms with Crippen molar-refractivity contribution in [1.29, 1.82) is 0 Å². The van der Waals surface area contributed by atoms with E-state index < -0.39 is 12.1 Å². The minimum Gasteiger partial charge on any atom is -0.350 e. The van der Waals surface area contributed by atoms with Crippen LogP contribution in [0.2, 0.25) is 5.02 Å². The molecule has 2 atom stereocenters. The summed E-state index contributed by atoms with van der Waals surface area (Å²) in [7, 11) is 0. The van der Waals surface area contributed by atoms with Gasteiger partial charge in [-0.25, -0.2) is 4.98 Å². The van der Waals surface area contributed by atoms with Gasteiger partial charge in [-0.2, -0.15) is 0 Å². The summed E-state index contributed by atoms with van der Waals surface area (Å²) in [6, 6.07) is 13.9. The molecule has 3 aromatic rings. The van der Waals surface area contributed by atoms with E-state index in [4.69, 9.17) is 11.6 Å². The fraction of sp³-hybridized carbons (Fsp3) is 0.379. The van der Waals surface area contributed by atoms with Gasteiger partial charge in [0.1, 0.15) is 6.04 Å². The maximum atomic E-state index is 13.4. The van der Waals surface area contributed by atoms with Gasteiger partial charge in [0, 0.05) is 37.0 Å². The van der Waals surface area contributed by atoms with Crippen molar-refractivity contribution in [2.24, 2.45) is 0 Å². The number of fused-ring (bicyclic) bond motifs is 1. The lowest BCUT2D eigenvalue weighted by molar-refractivity contribution is -0.128. The highest BCUT2D eigenvalue weighted by atomic mass is 35.5. The fourth-order valence-corrected chi connectivity index (χ4v) is 5.46. The van der Waals surface area contributed by atoms with E-state index in [0.29, 0.717) is 28.6 Å². The molecule has 0 aliphatic heterocycles. The molecule has 3 amide bonds. The quantitative estimate of drug-likeness (QED) is 0.257. The summed E-state index contributed by atoms with van der Waals surface area (Å²) in [5, 5.41) is 10.0. The van der Waals surface area contributed by atoms with Crippen LogP contribution in [0, 0.1) is 0 Å². The number of aromatic nitrogens is 1. The van der Waals surface area contributed by atoms with Crippen molar-refractivity contribution in [2.45, 2.75) is 45.7 Å². The molecule has 10 heteroatoms. The van der Waals surface area contributed by atoms with Crippen molar-refractivity contribution in [3.8, 4) is 0 Å². The van der Waals surface area contributed by atoms with Crippen molar-refractivity contribution in [3.05, 3.63) is 76.3 Å². The normalized spacial score (nSPS) is 12.6. The van der Waals surface area contributed by atoms with Crippen molar-refractivity contribution < 1.29 is 14.4 Å². The van der Waals surface area contributed by atoms with Crippen LogP contribution in [0.15, 0.2) is 60.7 Å². The Balaban J connectivity index is 1.72. The average Bonchev–Trinajstić information content (AvgIpc) is 3.31. The van der Waals surface area contributed by atoms with Gasteiger partial charge in [-0.05, 0) is 43.3 Å². The van der Waals surface area contributed by atoms with Crippen LogP contribution in [0.4, 0.5) is 0 Å². The van der Waals surface area contributed by atoms with Crippen molar-refractivity contribution in [2.75, 3.05) is 26.2 Å². The summed E-state index contributed by atoms with van der Waals surface area (Å²) in [4.78, 5) is 44.9. The maximum Gasteiger partial charge on any atom is 0.247 e. The number of carbonyl (C=O) groups excluding carboxylic acids is 3. The fourth-order valence-electron chi connectivity index (χ4n) is 4.17. The van der Waals surface area contributed by atoms with Gasteiger partial charge in [0.05, 0.1) is 21.3 Å². The highest BCUT2D eigenvalue weighted by Crippen LogP contribution is 2.26. The van der Waals surface area contributed by atoms with E-state index in [2.05, 4.69) is 32.4 Å². The molecule has 0 saturated carbocycles. The van der Waals surface area contributed by atoms with Gasteiger partial charge in [0.15, 0.2) is 0 Å². The number of likely N-dealkylation sites (N-methyl/N-ethyl adjacent to an activating group) is 1. The molecule has 0 fully saturated rings. The molecule has 1 aromatic heterocycles. The van der Waals surface area contributed by atoms with Gasteiger partial charge in [-0.1, -0.05) is 62.4 Å². The molecule has 0 saturated heterocycles. The third kappa shape index (κ3) is 9.45. The minimum atomic E-state index is -0.829. The second-order valence-corrected chi connectivity index (χ2v) is 10.9. The molecule has 3 N–H and O–H groups in total. The minimum absolute atomic E-state index is 0.211. The van der Waals surface area contributed by atoms with Gasteiger partial charge in [-0.15, -0.1) is 11.3 Å². The van der Waals surface area contributed by atoms with Gasteiger partial charge in [0.25, 0.3) is 0 Å². The van der Waals surface area contributed by atoms with Crippen LogP contribution in [-0.2, 0) is 27.2 Å². The van der Waals surface area contributed by atoms with Crippen LogP contribution >= 0.6 is 22.9 Å². The van der Waals surface area contributed by atoms with Crippen LogP contribution in [0.3, 0.4) is 0 Å². The smallest absolute Gasteiger partial charge is 0.247 e. The number of thiazole rings is 1. The van der Waals surface area contributed by atoms with Crippen LogP contribution in [-0.4, -0.2) is 65.9 Å². The lowest BCUT2D eigenvalue weighted by atomic mass is 10.0. The van der Waals surface area contributed by atoms with Crippen LogP contribution in [0.25, 0.3) is 10.2 Å². The first-order valence-corrected chi connectivity index (χ1v) is 14.2. The lowest BCUT2D eigenvalue weighted by Gasteiger charge is -2.24. The molecule has 1 heterocycles. The summed E-state index contributed by atoms with van der Waals surface area (Å²) in [5.74, 6) is -0.916. The van der Waals surface area contributed by atoms with E-state index in [1.54, 1.807) is 6.07 Å². The Morgan fingerprint density at radius 3 is 2.44 bits per heavy atom. The first-order chi connectivity index (χ1) is 18.7. The van der Waals surface area contributed by atoms with E-state index in [1.807, 2.05) is 56.3 Å². The Hall–Kier alpha value is -3.27. The highest BCUT2D eigenvalue weighted by molar-refractivity contribution is 7.18. The number of amides is 3. The zero-order chi connectivity index (χ0) is 28.4. The second kappa shape index (κ2) is 14.8. The Kier molecular flexibility index (Phi) is 11.5. The molecule has 39 heavy (non-hydrogen) atoms. The predicted molar refractivity (Wildman–Crippen MR) is 158 cm³/mol. The van der Waals surface area contributed by atoms with E-state index in [0.717, 1.165) is 28.9 Å². The summed E-state index contributed by atoms with van der Waals surface area (Å²) in [6.07, 6.45) is 0.731. The number of nitrogens with zero attached hydrogens (tertiary/aromatic N) is 2. The topological polar surface area (TPSA) is 103 Å². The second-order valence-electron chi connectivity index (χ2n) is 9.35. The molecule has 8 nitrogen and oxygen atoms in total. The molecule has 0 spiro atoms. The van der Waals surface area contributed by atoms with Gasteiger partial charge < -0.3 is 16.0 Å². The molecule has 0 radical (unpaired) electrons. The zero-order valence-electron chi connectivity index (χ0n) is 22.6. The molecule has 0 bridgehead atoms. The Bertz CT molecular complexity index is 1290. The third-order valence-corrected chi connectivity index (χ3v) is 7.55. The number of nitrogens with one attached hydrogen (secondary N) is 3. The Morgan fingerprint density at radius 2 is 1.77 bits per heavy atom. The van der Waals surface area contributed by atoms with Crippen molar-refractivity contribution in [3.63, 3.8) is 0 Å². The van der Waals surface area contributed by atoms with Gasteiger partial charge in [-0.3, -0.25) is 19.3 Å². The average molecular weight is 570 g/mol. The number of halogens is 1. The Morgan fingerprint density at radius 1 is 1.05 bits per heavy atom. The van der Waals surface area contributed by atoms with Crippen LogP contribution in [0.1, 0.15) is 31.3 Å². The number of carbonyl (C=O) groups is 3. The summed E-state index contributed by atoms with van der Waals surface area (Å²) < 4.78 is 0.911. The van der Waals surface area contributed by atoms with Gasteiger partial charge >= 0.3 is 0 Å². The maximum absolute atomic E-state index is 13.4. The molecular formula is C29H36ClN5O3S. The molecule has 2 aromatic carbocycles. The number of hydrogen-bond acceptors (Lipinski definition) is 6. The molecule has 208 valence electrons.